The van der Waals surface area contributed by atoms with Crippen molar-refractivity contribution in [3.63, 3.8) is 0 Å². The number of piperazine rings is 1. The smallest absolute Gasteiger partial charge is 0.334 e. The molecule has 208 valence electrons. The molecule has 2 atom stereocenters. The van der Waals surface area contributed by atoms with Crippen molar-refractivity contribution in [1.82, 2.24) is 25.1 Å². The van der Waals surface area contributed by atoms with Crippen LogP contribution in [-0.2, 0) is 26.7 Å². The normalized spacial score (nSPS) is 19.7. The number of benzene rings is 2. The number of urea groups is 1. The second kappa shape index (κ2) is 12.9. The first-order valence-corrected chi connectivity index (χ1v) is 13.9. The standard InChI is InChI=1S/C27H32FN5O5S/c1-30-17-24(34)32-22(11-12-25(35)36)26(37)31(13-14-39-18-20-5-3-2-4-6-20)16-23(32)33(30)27(38)29-15-19-7-9-21(28)10-8-19/h2-10,22-23H,11-18H2,1H3,(H,29,38)(H,35,36)/t22-,23?/m0/s1. The van der Waals surface area contributed by atoms with Crippen molar-refractivity contribution in [2.45, 2.75) is 37.3 Å². The van der Waals surface area contributed by atoms with E-state index in [9.17, 15) is 28.7 Å². The van der Waals surface area contributed by atoms with Gasteiger partial charge in [0.15, 0.2) is 0 Å². The molecule has 39 heavy (non-hydrogen) atoms. The number of amides is 4. The van der Waals surface area contributed by atoms with Gasteiger partial charge in [-0.25, -0.2) is 19.2 Å². The molecule has 2 aliphatic rings. The summed E-state index contributed by atoms with van der Waals surface area (Å²) in [6, 6.07) is 14.3. The number of thioether (sulfide) groups is 1. The molecule has 0 aromatic heterocycles. The summed E-state index contributed by atoms with van der Waals surface area (Å²) in [7, 11) is 1.62. The van der Waals surface area contributed by atoms with Crippen LogP contribution in [0.25, 0.3) is 0 Å². The minimum atomic E-state index is -1.06. The Hall–Kier alpha value is -3.64. The minimum Gasteiger partial charge on any atom is -0.481 e. The number of carbonyl (C=O) groups is 4. The van der Waals surface area contributed by atoms with Crippen LogP contribution in [0.5, 0.6) is 0 Å². The summed E-state index contributed by atoms with van der Waals surface area (Å²) >= 11 is 1.67. The molecule has 2 fully saturated rings. The van der Waals surface area contributed by atoms with E-state index in [1.54, 1.807) is 35.8 Å². The number of fused-ring (bicyclic) bond motifs is 1. The molecule has 2 aliphatic heterocycles. The lowest BCUT2D eigenvalue weighted by Crippen LogP contribution is -2.76. The van der Waals surface area contributed by atoms with Gasteiger partial charge >= 0.3 is 12.0 Å². The van der Waals surface area contributed by atoms with Gasteiger partial charge < -0.3 is 20.2 Å². The molecule has 0 saturated carbocycles. The Balaban J connectivity index is 1.49. The molecule has 2 aromatic rings. The van der Waals surface area contributed by atoms with Crippen LogP contribution < -0.4 is 5.32 Å². The van der Waals surface area contributed by atoms with Gasteiger partial charge in [0.2, 0.25) is 11.8 Å². The number of aliphatic carboxylic acids is 1. The van der Waals surface area contributed by atoms with Crippen LogP contribution in [0.15, 0.2) is 54.6 Å². The number of nitrogens with zero attached hydrogens (tertiary/aromatic N) is 4. The lowest BCUT2D eigenvalue weighted by molar-refractivity contribution is -0.187. The number of rotatable bonds is 10. The first-order valence-electron chi connectivity index (χ1n) is 12.7. The number of carbonyl (C=O) groups excluding carboxylic acids is 3. The maximum Gasteiger partial charge on any atom is 0.334 e. The first kappa shape index (κ1) is 28.4. The summed E-state index contributed by atoms with van der Waals surface area (Å²) in [5.74, 6) is -0.675. The first-order chi connectivity index (χ1) is 18.7. The Labute approximate surface area is 230 Å². The fourth-order valence-electron chi connectivity index (χ4n) is 4.84. The molecule has 12 heteroatoms. The zero-order valence-electron chi connectivity index (χ0n) is 21.7. The van der Waals surface area contributed by atoms with Crippen LogP contribution in [0.1, 0.15) is 24.0 Å². The Morgan fingerprint density at radius 1 is 1.08 bits per heavy atom. The molecule has 10 nitrogen and oxygen atoms in total. The summed E-state index contributed by atoms with van der Waals surface area (Å²) in [6.45, 7) is 0.511. The maximum absolute atomic E-state index is 13.5. The third-order valence-corrected chi connectivity index (χ3v) is 7.76. The molecule has 4 amide bonds. The predicted molar refractivity (Wildman–Crippen MR) is 144 cm³/mol. The number of halogens is 1. The van der Waals surface area contributed by atoms with Crippen molar-refractivity contribution < 1.29 is 28.7 Å². The van der Waals surface area contributed by atoms with E-state index in [0.717, 1.165) is 5.75 Å². The molecule has 2 saturated heterocycles. The van der Waals surface area contributed by atoms with Crippen LogP contribution in [0.4, 0.5) is 9.18 Å². The minimum absolute atomic E-state index is 0.0428. The third kappa shape index (κ3) is 7.07. The molecular weight excluding hydrogens is 525 g/mol. The monoisotopic (exact) mass is 557 g/mol. The molecule has 4 rings (SSSR count). The van der Waals surface area contributed by atoms with Gasteiger partial charge in [0.1, 0.15) is 18.0 Å². The third-order valence-electron chi connectivity index (χ3n) is 6.75. The van der Waals surface area contributed by atoms with E-state index in [1.165, 1.54) is 32.6 Å². The van der Waals surface area contributed by atoms with Gasteiger partial charge in [-0.3, -0.25) is 14.4 Å². The van der Waals surface area contributed by atoms with Gasteiger partial charge in [-0.05, 0) is 29.7 Å². The average molecular weight is 558 g/mol. The highest BCUT2D eigenvalue weighted by atomic mass is 32.2. The molecule has 0 aliphatic carbocycles. The number of nitrogens with one attached hydrogen (secondary N) is 1. The number of carboxylic acid groups (broad SMARTS) is 1. The highest BCUT2D eigenvalue weighted by Gasteiger charge is 2.50. The molecule has 2 N–H and O–H groups in total. The van der Waals surface area contributed by atoms with Crippen LogP contribution in [-0.4, -0.2) is 93.4 Å². The quantitative estimate of drug-likeness (QED) is 0.431. The number of carboxylic acids is 1. The summed E-state index contributed by atoms with van der Waals surface area (Å²) in [4.78, 5) is 54.3. The largest absolute Gasteiger partial charge is 0.481 e. The summed E-state index contributed by atoms with van der Waals surface area (Å²) in [5, 5.41) is 15.0. The van der Waals surface area contributed by atoms with Gasteiger partial charge in [0, 0.05) is 38.1 Å². The van der Waals surface area contributed by atoms with Crippen molar-refractivity contribution in [2.24, 2.45) is 0 Å². The Morgan fingerprint density at radius 2 is 1.79 bits per heavy atom. The lowest BCUT2D eigenvalue weighted by atomic mass is 10.0. The van der Waals surface area contributed by atoms with Gasteiger partial charge in [-0.15, -0.1) is 0 Å². The zero-order valence-corrected chi connectivity index (χ0v) is 22.5. The molecule has 0 radical (unpaired) electrons. The summed E-state index contributed by atoms with van der Waals surface area (Å²) < 4.78 is 13.3. The van der Waals surface area contributed by atoms with E-state index in [-0.39, 0.29) is 50.1 Å². The van der Waals surface area contributed by atoms with Crippen LogP contribution in [0.3, 0.4) is 0 Å². The second-order valence-electron chi connectivity index (χ2n) is 9.50. The molecule has 0 bridgehead atoms. The van der Waals surface area contributed by atoms with Crippen molar-refractivity contribution in [1.29, 1.82) is 0 Å². The predicted octanol–water partition coefficient (Wildman–Crippen LogP) is 2.36. The summed E-state index contributed by atoms with van der Waals surface area (Å²) in [6.07, 6.45) is -1.12. The van der Waals surface area contributed by atoms with Gasteiger partial charge in [-0.2, -0.15) is 11.8 Å². The highest BCUT2D eigenvalue weighted by molar-refractivity contribution is 7.98. The number of likely N-dealkylation sites (N-methyl/N-ethyl adjacent to an activating group) is 1. The van der Waals surface area contributed by atoms with E-state index in [0.29, 0.717) is 17.9 Å². The molecule has 2 aromatic carbocycles. The van der Waals surface area contributed by atoms with E-state index in [4.69, 9.17) is 0 Å². The summed E-state index contributed by atoms with van der Waals surface area (Å²) in [5.41, 5.74) is 1.87. The second-order valence-corrected chi connectivity index (χ2v) is 10.6. The fraction of sp³-hybridized carbons (Fsp3) is 0.407. The van der Waals surface area contributed by atoms with Crippen molar-refractivity contribution in [3.05, 3.63) is 71.5 Å². The zero-order chi connectivity index (χ0) is 27.9. The van der Waals surface area contributed by atoms with Gasteiger partial charge in [0.25, 0.3) is 0 Å². The van der Waals surface area contributed by atoms with Crippen molar-refractivity contribution in [3.8, 4) is 0 Å². The number of hydrazine groups is 1. The Bertz CT molecular complexity index is 1180. The van der Waals surface area contributed by atoms with E-state index in [1.807, 2.05) is 30.3 Å². The Kier molecular flexibility index (Phi) is 9.41. The van der Waals surface area contributed by atoms with Crippen LogP contribution in [0.2, 0.25) is 0 Å². The number of hydrogen-bond donors (Lipinski definition) is 2. The molecule has 2 heterocycles. The topological polar surface area (TPSA) is 114 Å². The average Bonchev–Trinajstić information content (AvgIpc) is 2.91. The lowest BCUT2D eigenvalue weighted by Gasteiger charge is -2.54. The molecular formula is C27H32FN5O5S. The van der Waals surface area contributed by atoms with E-state index in [2.05, 4.69) is 5.32 Å². The van der Waals surface area contributed by atoms with Crippen LogP contribution in [0, 0.1) is 5.82 Å². The molecule has 0 spiro atoms. The number of hydrogen-bond acceptors (Lipinski definition) is 6. The van der Waals surface area contributed by atoms with Crippen molar-refractivity contribution in [2.75, 3.05) is 32.4 Å². The van der Waals surface area contributed by atoms with Crippen molar-refractivity contribution >= 4 is 35.6 Å². The fourth-order valence-corrected chi connectivity index (χ4v) is 5.77. The van der Waals surface area contributed by atoms with Gasteiger partial charge in [0.05, 0.1) is 13.1 Å². The maximum atomic E-state index is 13.5. The Morgan fingerprint density at radius 3 is 2.49 bits per heavy atom. The van der Waals surface area contributed by atoms with Crippen LogP contribution >= 0.6 is 11.8 Å². The van der Waals surface area contributed by atoms with Gasteiger partial charge in [-0.1, -0.05) is 42.5 Å². The SMILES string of the molecule is CN1CC(=O)N2C(CN(CCSCc3ccccc3)C(=O)[C@@H]2CCC(=O)O)N1C(=O)NCc1ccc(F)cc1. The highest BCUT2D eigenvalue weighted by Crippen LogP contribution is 2.28. The van der Waals surface area contributed by atoms with E-state index >= 15 is 0 Å². The molecule has 1 unspecified atom stereocenters. The van der Waals surface area contributed by atoms with E-state index < -0.39 is 24.2 Å².